The van der Waals surface area contributed by atoms with Crippen LogP contribution in [0.5, 0.6) is 0 Å². The van der Waals surface area contributed by atoms with Crippen LogP contribution in [0.3, 0.4) is 0 Å². The molecule has 0 aliphatic heterocycles. The molecule has 3 rings (SSSR count). The number of aromatic nitrogens is 2. The summed E-state index contributed by atoms with van der Waals surface area (Å²) in [6.45, 7) is 4.18. The minimum Gasteiger partial charge on any atom is -0.218 e. The lowest BCUT2D eigenvalue weighted by Crippen LogP contribution is -1.93. The van der Waals surface area contributed by atoms with Crippen LogP contribution in [-0.4, -0.2) is 9.97 Å². The van der Waals surface area contributed by atoms with Crippen molar-refractivity contribution in [2.24, 2.45) is 0 Å². The maximum absolute atomic E-state index is 6.04. The van der Waals surface area contributed by atoms with E-state index in [1.54, 1.807) is 0 Å². The summed E-state index contributed by atoms with van der Waals surface area (Å²) in [5.41, 5.74) is 5.31. The molecule has 3 heteroatoms. The third kappa shape index (κ3) is 2.20. The van der Waals surface area contributed by atoms with Gasteiger partial charge in [0.2, 0.25) is 5.28 Å². The molecule has 0 aliphatic carbocycles. The predicted octanol–water partition coefficient (Wildman–Crippen LogP) is 4.57. The lowest BCUT2D eigenvalue weighted by atomic mass is 10.00. The van der Waals surface area contributed by atoms with Crippen molar-refractivity contribution in [2.75, 3.05) is 0 Å². The maximum Gasteiger partial charge on any atom is 0.223 e. The van der Waals surface area contributed by atoms with E-state index in [0.29, 0.717) is 0 Å². The largest absolute Gasteiger partial charge is 0.223 e. The standard InChI is InChI=1S/C16H13ClN2/c1-10-7-8-12(11(2)9-10)15-13-5-3-4-6-14(13)18-16(17)19-15/h3-9H,1-2H3. The van der Waals surface area contributed by atoms with Crippen LogP contribution in [0, 0.1) is 13.8 Å². The molecule has 19 heavy (non-hydrogen) atoms. The van der Waals surface area contributed by atoms with Gasteiger partial charge < -0.3 is 0 Å². The zero-order valence-corrected chi connectivity index (χ0v) is 11.6. The molecular weight excluding hydrogens is 256 g/mol. The molecule has 1 heterocycles. The highest BCUT2D eigenvalue weighted by atomic mass is 35.5. The van der Waals surface area contributed by atoms with Crippen LogP contribution in [0.2, 0.25) is 5.28 Å². The summed E-state index contributed by atoms with van der Waals surface area (Å²) >= 11 is 6.04. The third-order valence-electron chi connectivity index (χ3n) is 3.21. The van der Waals surface area contributed by atoms with Gasteiger partial charge in [0.15, 0.2) is 0 Å². The highest BCUT2D eigenvalue weighted by molar-refractivity contribution is 6.28. The van der Waals surface area contributed by atoms with Crippen molar-refractivity contribution < 1.29 is 0 Å². The quantitative estimate of drug-likeness (QED) is 0.604. The molecule has 0 radical (unpaired) electrons. The second-order valence-electron chi connectivity index (χ2n) is 4.68. The third-order valence-corrected chi connectivity index (χ3v) is 3.38. The van der Waals surface area contributed by atoms with Gasteiger partial charge >= 0.3 is 0 Å². The van der Waals surface area contributed by atoms with Gasteiger partial charge in [-0.05, 0) is 37.1 Å². The number of halogens is 1. The number of aryl methyl sites for hydroxylation is 2. The van der Waals surface area contributed by atoms with Crippen molar-refractivity contribution in [1.29, 1.82) is 0 Å². The number of hydrogen-bond donors (Lipinski definition) is 0. The van der Waals surface area contributed by atoms with Crippen LogP contribution in [0.4, 0.5) is 0 Å². The van der Waals surface area contributed by atoms with Crippen LogP contribution in [0.15, 0.2) is 42.5 Å². The molecule has 0 atom stereocenters. The van der Waals surface area contributed by atoms with Crippen LogP contribution >= 0.6 is 11.6 Å². The molecule has 0 aliphatic rings. The first kappa shape index (κ1) is 12.1. The van der Waals surface area contributed by atoms with Crippen molar-refractivity contribution in [2.45, 2.75) is 13.8 Å². The summed E-state index contributed by atoms with van der Waals surface area (Å²) in [4.78, 5) is 8.68. The van der Waals surface area contributed by atoms with Gasteiger partial charge in [-0.2, -0.15) is 0 Å². The van der Waals surface area contributed by atoms with Crippen molar-refractivity contribution in [3.05, 3.63) is 58.9 Å². The number of nitrogens with zero attached hydrogens (tertiary/aromatic N) is 2. The van der Waals surface area contributed by atoms with E-state index in [1.807, 2.05) is 24.3 Å². The van der Waals surface area contributed by atoms with E-state index in [9.17, 15) is 0 Å². The van der Waals surface area contributed by atoms with Gasteiger partial charge in [-0.3, -0.25) is 0 Å². The van der Waals surface area contributed by atoms with E-state index in [0.717, 1.165) is 22.2 Å². The molecule has 0 saturated heterocycles. The first-order valence-electron chi connectivity index (χ1n) is 6.15. The molecule has 3 aromatic rings. The van der Waals surface area contributed by atoms with Crippen LogP contribution < -0.4 is 0 Å². The Kier molecular flexibility index (Phi) is 2.96. The Balaban J connectivity index is 2.35. The lowest BCUT2D eigenvalue weighted by molar-refractivity contribution is 1.22. The van der Waals surface area contributed by atoms with Crippen LogP contribution in [0.1, 0.15) is 11.1 Å². The van der Waals surface area contributed by atoms with E-state index in [-0.39, 0.29) is 5.28 Å². The summed E-state index contributed by atoms with van der Waals surface area (Å²) in [5.74, 6) is 0. The van der Waals surface area contributed by atoms with Gasteiger partial charge in [-0.1, -0.05) is 42.0 Å². The van der Waals surface area contributed by atoms with Gasteiger partial charge in [0.05, 0.1) is 11.2 Å². The minimum atomic E-state index is 0.286. The van der Waals surface area contributed by atoms with Crippen LogP contribution in [-0.2, 0) is 0 Å². The van der Waals surface area contributed by atoms with E-state index in [4.69, 9.17) is 11.6 Å². The van der Waals surface area contributed by atoms with E-state index >= 15 is 0 Å². The fraction of sp³-hybridized carbons (Fsp3) is 0.125. The van der Waals surface area contributed by atoms with Gasteiger partial charge in [-0.25, -0.2) is 9.97 Å². The van der Waals surface area contributed by atoms with Gasteiger partial charge in [0, 0.05) is 10.9 Å². The molecule has 0 amide bonds. The molecule has 1 aromatic heterocycles. The first-order chi connectivity index (χ1) is 9.15. The van der Waals surface area contributed by atoms with Gasteiger partial charge in [0.1, 0.15) is 0 Å². The van der Waals surface area contributed by atoms with Crippen LogP contribution in [0.25, 0.3) is 22.2 Å². The van der Waals surface area contributed by atoms with Gasteiger partial charge in [-0.15, -0.1) is 0 Å². The highest BCUT2D eigenvalue weighted by Gasteiger charge is 2.10. The molecule has 0 N–H and O–H groups in total. The Morgan fingerprint density at radius 3 is 2.53 bits per heavy atom. The summed E-state index contributed by atoms with van der Waals surface area (Å²) < 4.78 is 0. The van der Waals surface area contributed by atoms with E-state index in [1.165, 1.54) is 11.1 Å². The minimum absolute atomic E-state index is 0.286. The maximum atomic E-state index is 6.04. The molecule has 0 unspecified atom stereocenters. The fourth-order valence-corrected chi connectivity index (χ4v) is 2.51. The smallest absolute Gasteiger partial charge is 0.218 e. The second kappa shape index (κ2) is 4.63. The summed E-state index contributed by atoms with van der Waals surface area (Å²) in [5, 5.41) is 1.31. The summed E-state index contributed by atoms with van der Waals surface area (Å²) in [6, 6.07) is 14.3. The average Bonchev–Trinajstić information content (AvgIpc) is 2.38. The first-order valence-corrected chi connectivity index (χ1v) is 6.53. The highest BCUT2D eigenvalue weighted by Crippen LogP contribution is 2.29. The Bertz CT molecular complexity index is 766. The molecule has 2 nitrogen and oxygen atoms in total. The zero-order valence-electron chi connectivity index (χ0n) is 10.8. The molecule has 2 aromatic carbocycles. The fourth-order valence-electron chi connectivity index (χ4n) is 2.33. The summed E-state index contributed by atoms with van der Waals surface area (Å²) in [7, 11) is 0. The molecule has 0 bridgehead atoms. The average molecular weight is 269 g/mol. The molecule has 94 valence electrons. The topological polar surface area (TPSA) is 25.8 Å². The van der Waals surface area contributed by atoms with E-state index in [2.05, 4.69) is 42.0 Å². The lowest BCUT2D eigenvalue weighted by Gasteiger charge is -2.09. The molecular formula is C16H13ClN2. The Morgan fingerprint density at radius 2 is 1.74 bits per heavy atom. The molecule has 0 spiro atoms. The van der Waals surface area contributed by atoms with Crippen molar-refractivity contribution >= 4 is 22.5 Å². The number of benzene rings is 2. The Labute approximate surface area is 117 Å². The number of rotatable bonds is 1. The van der Waals surface area contributed by atoms with Gasteiger partial charge in [0.25, 0.3) is 0 Å². The zero-order chi connectivity index (χ0) is 13.4. The number of para-hydroxylation sites is 1. The second-order valence-corrected chi connectivity index (χ2v) is 5.01. The van der Waals surface area contributed by atoms with Crippen molar-refractivity contribution in [1.82, 2.24) is 9.97 Å². The number of hydrogen-bond acceptors (Lipinski definition) is 2. The summed E-state index contributed by atoms with van der Waals surface area (Å²) in [6.07, 6.45) is 0. The predicted molar refractivity (Wildman–Crippen MR) is 79.5 cm³/mol. The number of fused-ring (bicyclic) bond motifs is 1. The van der Waals surface area contributed by atoms with Crippen molar-refractivity contribution in [3.63, 3.8) is 0 Å². The Hall–Kier alpha value is -1.93. The molecule has 0 fully saturated rings. The van der Waals surface area contributed by atoms with Crippen molar-refractivity contribution in [3.8, 4) is 11.3 Å². The monoisotopic (exact) mass is 268 g/mol. The SMILES string of the molecule is Cc1ccc(-c2nc(Cl)nc3ccccc23)c(C)c1. The van der Waals surface area contributed by atoms with E-state index < -0.39 is 0 Å². The Morgan fingerprint density at radius 1 is 0.947 bits per heavy atom. The molecule has 0 saturated carbocycles. The normalized spacial score (nSPS) is 10.9.